The van der Waals surface area contributed by atoms with Crippen molar-refractivity contribution in [3.8, 4) is 11.3 Å². The number of hydrogen-bond acceptors (Lipinski definition) is 10. The standard InChI is InChI=1S/C27H27Cl2N3O7S/c1-14-6-5-7-18(10-14)22-12-32(31-30-22)24-25(37-16(3)34)23(13-36-15(2)33)39-27(26(24)38-17(4)35)40-19-8-9-20(28)21(29)11-19/h5-12,23-27H,13H2,1-4H3/t23?,24?,25-,26?,27+/m0/s1. The van der Waals surface area contributed by atoms with Crippen molar-refractivity contribution in [1.82, 2.24) is 15.0 Å². The van der Waals surface area contributed by atoms with E-state index in [0.717, 1.165) is 11.1 Å². The molecule has 5 atom stereocenters. The van der Waals surface area contributed by atoms with E-state index in [9.17, 15) is 14.4 Å². The summed E-state index contributed by atoms with van der Waals surface area (Å²) < 4.78 is 24.5. The Morgan fingerprint density at radius 2 is 1.70 bits per heavy atom. The third-order valence-electron chi connectivity index (χ3n) is 5.94. The Kier molecular flexibility index (Phi) is 9.72. The zero-order valence-electron chi connectivity index (χ0n) is 22.1. The maximum atomic E-state index is 12.3. The molecule has 2 aromatic carbocycles. The van der Waals surface area contributed by atoms with Crippen molar-refractivity contribution in [1.29, 1.82) is 0 Å². The van der Waals surface area contributed by atoms with E-state index in [4.69, 9.17) is 42.1 Å². The average Bonchev–Trinajstić information content (AvgIpc) is 3.36. The number of benzene rings is 2. The lowest BCUT2D eigenvalue weighted by Crippen LogP contribution is -2.57. The third kappa shape index (κ3) is 7.34. The summed E-state index contributed by atoms with van der Waals surface area (Å²) in [6, 6.07) is 11.9. The summed E-state index contributed by atoms with van der Waals surface area (Å²) in [5, 5.41) is 9.36. The topological polar surface area (TPSA) is 119 Å². The Bertz CT molecular complexity index is 1400. The van der Waals surface area contributed by atoms with E-state index < -0.39 is 47.7 Å². The van der Waals surface area contributed by atoms with Crippen LogP contribution in [0.15, 0.2) is 53.6 Å². The van der Waals surface area contributed by atoms with E-state index in [0.29, 0.717) is 20.6 Å². The van der Waals surface area contributed by atoms with Crippen molar-refractivity contribution < 1.29 is 33.3 Å². The largest absolute Gasteiger partial charge is 0.463 e. The summed E-state index contributed by atoms with van der Waals surface area (Å²) in [4.78, 5) is 36.9. The smallest absolute Gasteiger partial charge is 0.303 e. The van der Waals surface area contributed by atoms with Crippen LogP contribution in [0.2, 0.25) is 10.0 Å². The summed E-state index contributed by atoms with van der Waals surface area (Å²) in [5.74, 6) is -1.74. The number of halogens is 2. The quantitative estimate of drug-likeness (QED) is 0.254. The first kappa shape index (κ1) is 29.9. The fourth-order valence-corrected chi connectivity index (χ4v) is 5.83. The Balaban J connectivity index is 1.80. The minimum Gasteiger partial charge on any atom is -0.463 e. The van der Waals surface area contributed by atoms with Gasteiger partial charge in [-0.3, -0.25) is 14.4 Å². The lowest BCUT2D eigenvalue weighted by atomic mass is 9.96. The van der Waals surface area contributed by atoms with Gasteiger partial charge in [0.05, 0.1) is 16.2 Å². The molecular formula is C27H27Cl2N3O7S. The number of ether oxygens (including phenoxy) is 4. The molecule has 0 spiro atoms. The first-order chi connectivity index (χ1) is 19.0. The molecule has 40 heavy (non-hydrogen) atoms. The van der Waals surface area contributed by atoms with Crippen LogP contribution in [0.25, 0.3) is 11.3 Å². The van der Waals surface area contributed by atoms with Gasteiger partial charge in [0.15, 0.2) is 12.2 Å². The van der Waals surface area contributed by atoms with Crippen molar-refractivity contribution in [3.63, 3.8) is 0 Å². The molecule has 212 valence electrons. The summed E-state index contributed by atoms with van der Waals surface area (Å²) in [5.41, 5.74) is 1.56. The third-order valence-corrected chi connectivity index (χ3v) is 7.82. The molecule has 0 saturated carbocycles. The molecule has 1 aliphatic rings. The SMILES string of the molecule is CC(=O)OCC1O[C@H](Sc2ccc(Cl)c(Cl)c2)C(OC(C)=O)C(n2cc(-c3cccc(C)c3)nn2)[C@H]1OC(C)=O. The Labute approximate surface area is 245 Å². The highest BCUT2D eigenvalue weighted by Crippen LogP contribution is 2.42. The molecule has 1 aromatic heterocycles. The van der Waals surface area contributed by atoms with E-state index in [-0.39, 0.29) is 6.61 Å². The van der Waals surface area contributed by atoms with Gasteiger partial charge >= 0.3 is 17.9 Å². The lowest BCUT2D eigenvalue weighted by Gasteiger charge is -2.44. The molecule has 1 fully saturated rings. The van der Waals surface area contributed by atoms with Crippen molar-refractivity contribution in [2.24, 2.45) is 0 Å². The number of hydrogen-bond donors (Lipinski definition) is 0. The van der Waals surface area contributed by atoms with Gasteiger partial charge < -0.3 is 18.9 Å². The highest BCUT2D eigenvalue weighted by molar-refractivity contribution is 7.99. The summed E-state index contributed by atoms with van der Waals surface area (Å²) in [6.07, 6.45) is -1.32. The van der Waals surface area contributed by atoms with Crippen molar-refractivity contribution in [2.45, 2.75) is 62.4 Å². The molecule has 0 amide bonds. The molecule has 0 bridgehead atoms. The van der Waals surface area contributed by atoms with Crippen molar-refractivity contribution in [3.05, 3.63) is 64.3 Å². The van der Waals surface area contributed by atoms with Crippen LogP contribution in [-0.4, -0.2) is 63.3 Å². The van der Waals surface area contributed by atoms with Crippen LogP contribution < -0.4 is 0 Å². The highest BCUT2D eigenvalue weighted by atomic mass is 35.5. The van der Waals surface area contributed by atoms with Gasteiger partial charge in [-0.2, -0.15) is 0 Å². The Morgan fingerprint density at radius 3 is 2.35 bits per heavy atom. The molecule has 0 N–H and O–H groups in total. The molecule has 3 aromatic rings. The first-order valence-corrected chi connectivity index (χ1v) is 13.9. The molecule has 13 heteroatoms. The van der Waals surface area contributed by atoms with Crippen LogP contribution >= 0.6 is 35.0 Å². The van der Waals surface area contributed by atoms with Crippen LogP contribution in [0.4, 0.5) is 0 Å². The average molecular weight is 609 g/mol. The monoisotopic (exact) mass is 607 g/mol. The van der Waals surface area contributed by atoms with Crippen molar-refractivity contribution in [2.75, 3.05) is 6.61 Å². The maximum absolute atomic E-state index is 12.3. The number of aryl methyl sites for hydroxylation is 1. The van der Waals surface area contributed by atoms with Crippen LogP contribution in [0.1, 0.15) is 32.4 Å². The summed E-state index contributed by atoms with van der Waals surface area (Å²) in [7, 11) is 0. The van der Waals surface area contributed by atoms with Gasteiger partial charge in [-0.25, -0.2) is 4.68 Å². The van der Waals surface area contributed by atoms with Gasteiger partial charge in [-0.15, -0.1) is 5.10 Å². The molecule has 2 heterocycles. The van der Waals surface area contributed by atoms with Crippen molar-refractivity contribution >= 4 is 52.9 Å². The van der Waals surface area contributed by atoms with Crippen LogP contribution in [-0.2, 0) is 33.3 Å². The van der Waals surface area contributed by atoms with E-state index in [1.54, 1.807) is 24.4 Å². The van der Waals surface area contributed by atoms with Gasteiger partial charge in [0.2, 0.25) is 0 Å². The summed E-state index contributed by atoms with van der Waals surface area (Å²) in [6.45, 7) is 5.51. The van der Waals surface area contributed by atoms with Crippen LogP contribution in [0, 0.1) is 6.92 Å². The number of aromatic nitrogens is 3. The van der Waals surface area contributed by atoms with E-state index >= 15 is 0 Å². The highest BCUT2D eigenvalue weighted by Gasteiger charge is 2.52. The van der Waals surface area contributed by atoms with E-state index in [1.807, 2.05) is 31.2 Å². The zero-order chi connectivity index (χ0) is 29.0. The van der Waals surface area contributed by atoms with Gasteiger partial charge in [0.1, 0.15) is 29.9 Å². The Hall–Kier alpha value is -3.12. The number of thioether (sulfide) groups is 1. The molecule has 1 saturated heterocycles. The number of esters is 3. The minimum atomic E-state index is -1.06. The fraction of sp³-hybridized carbons (Fsp3) is 0.370. The summed E-state index contributed by atoms with van der Waals surface area (Å²) >= 11 is 13.5. The Morgan fingerprint density at radius 1 is 0.975 bits per heavy atom. The second-order valence-corrected chi connectivity index (χ2v) is 11.1. The maximum Gasteiger partial charge on any atom is 0.303 e. The van der Waals surface area contributed by atoms with E-state index in [2.05, 4.69) is 10.3 Å². The lowest BCUT2D eigenvalue weighted by molar-refractivity contribution is -0.212. The first-order valence-electron chi connectivity index (χ1n) is 12.3. The zero-order valence-corrected chi connectivity index (χ0v) is 24.4. The molecule has 0 radical (unpaired) electrons. The minimum absolute atomic E-state index is 0.228. The van der Waals surface area contributed by atoms with Gasteiger partial charge in [0.25, 0.3) is 0 Å². The second-order valence-electron chi connectivity index (χ2n) is 9.13. The molecule has 10 nitrogen and oxygen atoms in total. The number of rotatable bonds is 8. The number of carbonyl (C=O) groups excluding carboxylic acids is 3. The van der Waals surface area contributed by atoms with E-state index in [1.165, 1.54) is 37.2 Å². The van der Waals surface area contributed by atoms with Gasteiger partial charge in [-0.1, -0.05) is 63.9 Å². The number of nitrogens with zero attached hydrogens (tertiary/aromatic N) is 3. The molecular weight excluding hydrogens is 581 g/mol. The second kappa shape index (κ2) is 13.0. The predicted molar refractivity (Wildman–Crippen MR) is 148 cm³/mol. The normalized spacial score (nSPS) is 22.4. The van der Waals surface area contributed by atoms with Gasteiger partial charge in [-0.05, 0) is 31.2 Å². The molecule has 4 rings (SSSR count). The van der Waals surface area contributed by atoms with Gasteiger partial charge in [0, 0.05) is 31.2 Å². The van der Waals surface area contributed by atoms with Crippen LogP contribution in [0.5, 0.6) is 0 Å². The molecule has 0 aliphatic carbocycles. The fourth-order valence-electron chi connectivity index (χ4n) is 4.32. The molecule has 3 unspecified atom stereocenters. The predicted octanol–water partition coefficient (Wildman–Crippen LogP) is 5.05. The number of carbonyl (C=O) groups is 3. The molecule has 1 aliphatic heterocycles. The van der Waals surface area contributed by atoms with Crippen LogP contribution in [0.3, 0.4) is 0 Å².